The molecule has 92 valence electrons. The van der Waals surface area contributed by atoms with E-state index in [2.05, 4.69) is 30.0 Å². The Hall–Kier alpha value is -1.35. The van der Waals surface area contributed by atoms with Gasteiger partial charge in [0, 0.05) is 13.1 Å². The van der Waals surface area contributed by atoms with Crippen LogP contribution in [0.3, 0.4) is 0 Å². The Morgan fingerprint density at radius 1 is 1.41 bits per heavy atom. The zero-order valence-corrected chi connectivity index (χ0v) is 10.5. The van der Waals surface area contributed by atoms with E-state index in [0.29, 0.717) is 6.54 Å². The minimum atomic E-state index is -0.153. The standard InChI is InChI=1S/C14H19NO2/c1-3-11-4-5-12-6-7-15(9-13(12)8-11)10-14(16)17-2/h4-5,8H,3,6-7,9-10H2,1-2H3. The number of hydrogen-bond acceptors (Lipinski definition) is 3. The quantitative estimate of drug-likeness (QED) is 0.745. The number of aryl methyl sites for hydroxylation is 1. The van der Waals surface area contributed by atoms with Crippen molar-refractivity contribution >= 4 is 5.97 Å². The van der Waals surface area contributed by atoms with Gasteiger partial charge in [-0.2, -0.15) is 0 Å². The van der Waals surface area contributed by atoms with Crippen molar-refractivity contribution in [3.8, 4) is 0 Å². The Balaban J connectivity index is 2.08. The molecule has 0 saturated heterocycles. The molecule has 0 aromatic heterocycles. The Kier molecular flexibility index (Phi) is 3.79. The molecule has 0 aliphatic carbocycles. The molecule has 0 atom stereocenters. The monoisotopic (exact) mass is 233 g/mol. The van der Waals surface area contributed by atoms with Crippen molar-refractivity contribution in [2.24, 2.45) is 0 Å². The maximum absolute atomic E-state index is 11.3. The minimum Gasteiger partial charge on any atom is -0.468 e. The summed E-state index contributed by atoms with van der Waals surface area (Å²) in [5.74, 6) is -0.153. The van der Waals surface area contributed by atoms with Gasteiger partial charge in [0.2, 0.25) is 0 Å². The number of esters is 1. The zero-order valence-electron chi connectivity index (χ0n) is 10.5. The molecular formula is C14H19NO2. The largest absolute Gasteiger partial charge is 0.468 e. The molecule has 3 nitrogen and oxygen atoms in total. The number of rotatable bonds is 3. The van der Waals surface area contributed by atoms with Gasteiger partial charge in [-0.25, -0.2) is 0 Å². The van der Waals surface area contributed by atoms with E-state index in [1.54, 1.807) is 0 Å². The van der Waals surface area contributed by atoms with Crippen LogP contribution in [0, 0.1) is 0 Å². The van der Waals surface area contributed by atoms with Crippen molar-refractivity contribution < 1.29 is 9.53 Å². The average molecular weight is 233 g/mol. The van der Waals surface area contributed by atoms with E-state index in [4.69, 9.17) is 4.74 Å². The molecule has 1 heterocycles. The molecule has 3 heteroatoms. The highest BCUT2D eigenvalue weighted by Gasteiger charge is 2.18. The second-order valence-corrected chi connectivity index (χ2v) is 4.49. The van der Waals surface area contributed by atoms with Crippen molar-refractivity contribution in [2.75, 3.05) is 20.2 Å². The van der Waals surface area contributed by atoms with E-state index in [1.165, 1.54) is 23.8 Å². The summed E-state index contributed by atoms with van der Waals surface area (Å²) in [6.07, 6.45) is 2.08. The molecule has 1 aromatic carbocycles. The van der Waals surface area contributed by atoms with E-state index < -0.39 is 0 Å². The van der Waals surface area contributed by atoms with Crippen LogP contribution in [0.15, 0.2) is 18.2 Å². The maximum atomic E-state index is 11.3. The highest BCUT2D eigenvalue weighted by atomic mass is 16.5. The van der Waals surface area contributed by atoms with Gasteiger partial charge in [0.1, 0.15) is 0 Å². The lowest BCUT2D eigenvalue weighted by Gasteiger charge is -2.28. The Bertz CT molecular complexity index is 415. The van der Waals surface area contributed by atoms with Gasteiger partial charge < -0.3 is 4.74 Å². The molecule has 0 saturated carbocycles. The molecule has 0 amide bonds. The van der Waals surface area contributed by atoms with Gasteiger partial charge in [0.15, 0.2) is 0 Å². The second kappa shape index (κ2) is 5.32. The van der Waals surface area contributed by atoms with Crippen LogP contribution in [0.2, 0.25) is 0 Å². The Labute approximate surface area is 102 Å². The van der Waals surface area contributed by atoms with Crippen LogP contribution in [-0.2, 0) is 28.9 Å². The smallest absolute Gasteiger partial charge is 0.319 e. The fourth-order valence-electron chi connectivity index (χ4n) is 2.27. The summed E-state index contributed by atoms with van der Waals surface area (Å²) < 4.78 is 4.71. The van der Waals surface area contributed by atoms with Crippen LogP contribution >= 0.6 is 0 Å². The molecule has 0 spiro atoms. The van der Waals surface area contributed by atoms with Crippen LogP contribution in [0.4, 0.5) is 0 Å². The molecule has 17 heavy (non-hydrogen) atoms. The minimum absolute atomic E-state index is 0.153. The lowest BCUT2D eigenvalue weighted by Crippen LogP contribution is -2.35. The fourth-order valence-corrected chi connectivity index (χ4v) is 2.27. The van der Waals surface area contributed by atoms with Crippen LogP contribution in [0.25, 0.3) is 0 Å². The molecular weight excluding hydrogens is 214 g/mol. The molecule has 1 aromatic rings. The summed E-state index contributed by atoms with van der Waals surface area (Å²) in [5.41, 5.74) is 4.14. The number of fused-ring (bicyclic) bond motifs is 1. The normalized spacial score (nSPS) is 15.4. The predicted molar refractivity (Wildman–Crippen MR) is 66.8 cm³/mol. The molecule has 2 rings (SSSR count). The van der Waals surface area contributed by atoms with E-state index in [1.807, 2.05) is 0 Å². The number of nitrogens with zero attached hydrogens (tertiary/aromatic N) is 1. The SMILES string of the molecule is CCc1ccc2c(c1)CN(CC(=O)OC)CC2. The van der Waals surface area contributed by atoms with Crippen LogP contribution < -0.4 is 0 Å². The van der Waals surface area contributed by atoms with Crippen molar-refractivity contribution in [1.82, 2.24) is 4.90 Å². The summed E-state index contributed by atoms with van der Waals surface area (Å²) >= 11 is 0. The average Bonchev–Trinajstić information content (AvgIpc) is 2.37. The summed E-state index contributed by atoms with van der Waals surface area (Å²) in [5, 5.41) is 0. The van der Waals surface area contributed by atoms with Gasteiger partial charge in [-0.3, -0.25) is 9.69 Å². The third kappa shape index (κ3) is 2.86. The first kappa shape index (κ1) is 12.1. The molecule has 0 fully saturated rings. The van der Waals surface area contributed by atoms with Gasteiger partial charge in [0.05, 0.1) is 13.7 Å². The first-order valence-electron chi connectivity index (χ1n) is 6.12. The molecule has 0 N–H and O–H groups in total. The Morgan fingerprint density at radius 2 is 2.24 bits per heavy atom. The molecule has 1 aliphatic rings. The first-order valence-corrected chi connectivity index (χ1v) is 6.12. The number of ether oxygens (including phenoxy) is 1. The van der Waals surface area contributed by atoms with Gasteiger partial charge >= 0.3 is 5.97 Å². The first-order chi connectivity index (χ1) is 8.22. The summed E-state index contributed by atoms with van der Waals surface area (Å²) in [4.78, 5) is 13.4. The second-order valence-electron chi connectivity index (χ2n) is 4.49. The molecule has 0 bridgehead atoms. The topological polar surface area (TPSA) is 29.5 Å². The van der Waals surface area contributed by atoms with E-state index in [9.17, 15) is 4.79 Å². The van der Waals surface area contributed by atoms with Crippen LogP contribution in [-0.4, -0.2) is 31.1 Å². The molecule has 0 radical (unpaired) electrons. The third-order valence-corrected chi connectivity index (χ3v) is 3.35. The summed E-state index contributed by atoms with van der Waals surface area (Å²) in [6.45, 7) is 4.36. The Morgan fingerprint density at radius 3 is 2.94 bits per heavy atom. The lowest BCUT2D eigenvalue weighted by atomic mass is 9.96. The number of carbonyl (C=O) groups is 1. The van der Waals surface area contributed by atoms with Crippen molar-refractivity contribution in [2.45, 2.75) is 26.3 Å². The number of carbonyl (C=O) groups excluding carboxylic acids is 1. The summed E-state index contributed by atoms with van der Waals surface area (Å²) in [6, 6.07) is 6.69. The number of methoxy groups -OCH3 is 1. The van der Waals surface area contributed by atoms with E-state index in [-0.39, 0.29) is 5.97 Å². The highest BCUT2D eigenvalue weighted by Crippen LogP contribution is 2.20. The number of benzene rings is 1. The van der Waals surface area contributed by atoms with Gasteiger partial charge in [-0.05, 0) is 29.5 Å². The van der Waals surface area contributed by atoms with Gasteiger partial charge in [0.25, 0.3) is 0 Å². The zero-order chi connectivity index (χ0) is 12.3. The van der Waals surface area contributed by atoms with Crippen LogP contribution in [0.5, 0.6) is 0 Å². The van der Waals surface area contributed by atoms with Gasteiger partial charge in [-0.15, -0.1) is 0 Å². The highest BCUT2D eigenvalue weighted by molar-refractivity contribution is 5.71. The maximum Gasteiger partial charge on any atom is 0.319 e. The van der Waals surface area contributed by atoms with Crippen molar-refractivity contribution in [3.63, 3.8) is 0 Å². The van der Waals surface area contributed by atoms with Crippen LogP contribution in [0.1, 0.15) is 23.6 Å². The van der Waals surface area contributed by atoms with Crippen molar-refractivity contribution in [1.29, 1.82) is 0 Å². The predicted octanol–water partition coefficient (Wildman–Crippen LogP) is 1.78. The van der Waals surface area contributed by atoms with E-state index in [0.717, 1.165) is 25.9 Å². The van der Waals surface area contributed by atoms with Crippen molar-refractivity contribution in [3.05, 3.63) is 34.9 Å². The fraction of sp³-hybridized carbons (Fsp3) is 0.500. The number of hydrogen-bond donors (Lipinski definition) is 0. The summed E-state index contributed by atoms with van der Waals surface area (Å²) in [7, 11) is 1.44. The molecule has 0 unspecified atom stereocenters. The van der Waals surface area contributed by atoms with E-state index >= 15 is 0 Å². The lowest BCUT2D eigenvalue weighted by molar-refractivity contribution is -0.142. The third-order valence-electron chi connectivity index (χ3n) is 3.35. The molecule has 1 aliphatic heterocycles. The van der Waals surface area contributed by atoms with Gasteiger partial charge in [-0.1, -0.05) is 25.1 Å².